The Balaban J connectivity index is 1.69. The molecule has 2 heterocycles. The van der Waals surface area contributed by atoms with Crippen LogP contribution in [0.1, 0.15) is 36.4 Å². The minimum absolute atomic E-state index is 0.147. The molecule has 0 spiro atoms. The Morgan fingerprint density at radius 2 is 1.55 bits per heavy atom. The van der Waals surface area contributed by atoms with Crippen LogP contribution in [-0.4, -0.2) is 4.98 Å². The molecule has 31 heavy (non-hydrogen) atoms. The summed E-state index contributed by atoms with van der Waals surface area (Å²) >= 11 is 0. The van der Waals surface area contributed by atoms with E-state index < -0.39 is 0 Å². The van der Waals surface area contributed by atoms with Gasteiger partial charge in [-0.15, -0.1) is 0 Å². The summed E-state index contributed by atoms with van der Waals surface area (Å²) in [5, 5.41) is 0. The van der Waals surface area contributed by atoms with Crippen molar-refractivity contribution in [1.82, 2.24) is 4.98 Å². The molecule has 0 unspecified atom stereocenters. The van der Waals surface area contributed by atoms with Crippen molar-refractivity contribution in [3.8, 4) is 33.5 Å². The Kier molecular flexibility index (Phi) is 4.33. The summed E-state index contributed by atoms with van der Waals surface area (Å²) in [7, 11) is 2.07. The number of fused-ring (bicyclic) bond motifs is 3. The highest BCUT2D eigenvalue weighted by molar-refractivity contribution is 5.83. The molecule has 0 saturated heterocycles. The van der Waals surface area contributed by atoms with Gasteiger partial charge in [0.2, 0.25) is 5.69 Å². The third kappa shape index (κ3) is 3.07. The van der Waals surface area contributed by atoms with E-state index in [1.165, 1.54) is 39.9 Å². The SMILES string of the molecule is Cc1ccc2c(n1)C(C)(C)c1cc(-c3cc(-c4ccc(F)cc4)cc[n+]3C)c(C)cc1-2. The predicted octanol–water partition coefficient (Wildman–Crippen LogP) is 6.30. The summed E-state index contributed by atoms with van der Waals surface area (Å²) in [5.41, 5.74) is 11.6. The molecule has 0 aliphatic heterocycles. The monoisotopic (exact) mass is 409 g/mol. The second-order valence-corrected chi connectivity index (χ2v) is 9.10. The summed E-state index contributed by atoms with van der Waals surface area (Å²) in [6, 6.07) is 19.9. The van der Waals surface area contributed by atoms with Crippen LogP contribution in [0.3, 0.4) is 0 Å². The van der Waals surface area contributed by atoms with E-state index in [1.54, 1.807) is 0 Å². The molecule has 0 amide bonds. The number of nitrogens with zero attached hydrogens (tertiary/aromatic N) is 2. The van der Waals surface area contributed by atoms with E-state index in [9.17, 15) is 4.39 Å². The van der Waals surface area contributed by atoms with Gasteiger partial charge in [-0.2, -0.15) is 0 Å². The van der Waals surface area contributed by atoms with Crippen LogP contribution < -0.4 is 4.57 Å². The molecule has 1 aliphatic carbocycles. The Morgan fingerprint density at radius 1 is 0.806 bits per heavy atom. The van der Waals surface area contributed by atoms with E-state index in [2.05, 4.69) is 81.9 Å². The van der Waals surface area contributed by atoms with Crippen LogP contribution in [0.2, 0.25) is 0 Å². The van der Waals surface area contributed by atoms with Crippen LogP contribution in [0.4, 0.5) is 4.39 Å². The quantitative estimate of drug-likeness (QED) is 0.355. The van der Waals surface area contributed by atoms with Gasteiger partial charge in [0.05, 0.1) is 5.69 Å². The van der Waals surface area contributed by atoms with Crippen molar-refractivity contribution in [2.75, 3.05) is 0 Å². The Labute approximate surface area is 183 Å². The first-order chi connectivity index (χ1) is 14.8. The molecule has 1 aliphatic rings. The van der Waals surface area contributed by atoms with Crippen LogP contribution in [0.25, 0.3) is 33.5 Å². The average molecular weight is 410 g/mol. The average Bonchev–Trinajstić information content (AvgIpc) is 2.95. The van der Waals surface area contributed by atoms with Crippen LogP contribution in [0.15, 0.2) is 66.9 Å². The first kappa shape index (κ1) is 19.6. The number of halogens is 1. The number of hydrogen-bond acceptors (Lipinski definition) is 1. The zero-order chi connectivity index (χ0) is 21.9. The van der Waals surface area contributed by atoms with Gasteiger partial charge < -0.3 is 0 Å². The first-order valence-electron chi connectivity index (χ1n) is 10.7. The zero-order valence-electron chi connectivity index (χ0n) is 18.6. The normalized spacial score (nSPS) is 13.7. The highest BCUT2D eigenvalue weighted by atomic mass is 19.1. The lowest BCUT2D eigenvalue weighted by molar-refractivity contribution is -0.660. The fourth-order valence-corrected chi connectivity index (χ4v) is 4.76. The van der Waals surface area contributed by atoms with Crippen molar-refractivity contribution in [2.45, 2.75) is 33.1 Å². The molecule has 5 rings (SSSR count). The second-order valence-electron chi connectivity index (χ2n) is 9.10. The summed E-state index contributed by atoms with van der Waals surface area (Å²) in [4.78, 5) is 4.90. The first-order valence-corrected chi connectivity index (χ1v) is 10.7. The number of benzene rings is 2. The standard InChI is InChI=1S/C28H26FN2/c1-17-14-24-22-11-6-18(2)30-27(22)28(3,4)25(24)16-23(17)26-15-20(12-13-31(26)5)19-7-9-21(29)10-8-19/h6-16H,1-5H3/q+1. The van der Waals surface area contributed by atoms with Crippen LogP contribution in [0.5, 0.6) is 0 Å². The zero-order valence-corrected chi connectivity index (χ0v) is 18.6. The van der Waals surface area contributed by atoms with Gasteiger partial charge in [0.1, 0.15) is 12.9 Å². The van der Waals surface area contributed by atoms with E-state index in [0.717, 1.165) is 28.2 Å². The van der Waals surface area contributed by atoms with E-state index in [4.69, 9.17) is 4.98 Å². The highest BCUT2D eigenvalue weighted by Crippen LogP contribution is 2.49. The van der Waals surface area contributed by atoms with Gasteiger partial charge in [-0.05, 0) is 65.9 Å². The van der Waals surface area contributed by atoms with Crippen molar-refractivity contribution >= 4 is 0 Å². The molecule has 4 aromatic rings. The second kappa shape index (κ2) is 6.84. The molecular weight excluding hydrogens is 383 g/mol. The molecule has 0 bridgehead atoms. The molecule has 0 radical (unpaired) electrons. The maximum absolute atomic E-state index is 13.4. The fourth-order valence-electron chi connectivity index (χ4n) is 4.76. The lowest BCUT2D eigenvalue weighted by Crippen LogP contribution is -2.30. The van der Waals surface area contributed by atoms with Crippen molar-refractivity contribution in [1.29, 1.82) is 0 Å². The number of aryl methyl sites for hydroxylation is 3. The lowest BCUT2D eigenvalue weighted by atomic mass is 9.83. The van der Waals surface area contributed by atoms with Crippen molar-refractivity contribution in [2.24, 2.45) is 7.05 Å². The van der Waals surface area contributed by atoms with Gasteiger partial charge in [-0.25, -0.2) is 8.96 Å². The molecule has 2 nitrogen and oxygen atoms in total. The third-order valence-electron chi connectivity index (χ3n) is 6.56. The minimum Gasteiger partial charge on any atom is -0.257 e. The van der Waals surface area contributed by atoms with E-state index in [1.807, 2.05) is 12.1 Å². The molecule has 3 heteroatoms. The van der Waals surface area contributed by atoms with E-state index >= 15 is 0 Å². The Hall–Kier alpha value is -3.33. The minimum atomic E-state index is -0.217. The van der Waals surface area contributed by atoms with Crippen molar-refractivity contribution in [3.63, 3.8) is 0 Å². The van der Waals surface area contributed by atoms with Gasteiger partial charge in [0.15, 0.2) is 6.20 Å². The number of aromatic nitrogens is 2. The molecular formula is C28H26FN2+. The number of hydrogen-bond donors (Lipinski definition) is 0. The van der Waals surface area contributed by atoms with Gasteiger partial charge in [0, 0.05) is 34.4 Å². The smallest absolute Gasteiger partial charge is 0.213 e. The molecule has 0 saturated carbocycles. The third-order valence-corrected chi connectivity index (χ3v) is 6.56. The summed E-state index contributed by atoms with van der Waals surface area (Å²) in [5.74, 6) is -0.217. The van der Waals surface area contributed by atoms with Crippen LogP contribution in [0, 0.1) is 19.7 Å². The highest BCUT2D eigenvalue weighted by Gasteiger charge is 2.38. The molecule has 2 aromatic heterocycles. The maximum Gasteiger partial charge on any atom is 0.213 e. The summed E-state index contributed by atoms with van der Waals surface area (Å²) in [6.07, 6.45) is 2.07. The fraction of sp³-hybridized carbons (Fsp3) is 0.214. The lowest BCUT2D eigenvalue weighted by Gasteiger charge is -2.21. The van der Waals surface area contributed by atoms with Crippen molar-refractivity contribution in [3.05, 3.63) is 95.2 Å². The predicted molar refractivity (Wildman–Crippen MR) is 123 cm³/mol. The maximum atomic E-state index is 13.4. The summed E-state index contributed by atoms with van der Waals surface area (Å²) in [6.45, 7) is 8.75. The topological polar surface area (TPSA) is 16.8 Å². The molecule has 154 valence electrons. The molecule has 0 atom stereocenters. The van der Waals surface area contributed by atoms with Gasteiger partial charge in [-0.1, -0.05) is 38.1 Å². The molecule has 2 aromatic carbocycles. The van der Waals surface area contributed by atoms with Crippen LogP contribution >= 0.6 is 0 Å². The Morgan fingerprint density at radius 3 is 2.29 bits per heavy atom. The van der Waals surface area contributed by atoms with E-state index in [0.29, 0.717) is 0 Å². The van der Waals surface area contributed by atoms with E-state index in [-0.39, 0.29) is 11.2 Å². The number of rotatable bonds is 2. The largest absolute Gasteiger partial charge is 0.257 e. The number of pyridine rings is 2. The molecule has 0 N–H and O–H groups in total. The van der Waals surface area contributed by atoms with Gasteiger partial charge >= 0.3 is 0 Å². The van der Waals surface area contributed by atoms with Crippen molar-refractivity contribution < 1.29 is 8.96 Å². The summed E-state index contributed by atoms with van der Waals surface area (Å²) < 4.78 is 15.5. The van der Waals surface area contributed by atoms with Crippen LogP contribution in [-0.2, 0) is 12.5 Å². The van der Waals surface area contributed by atoms with Gasteiger partial charge in [0.25, 0.3) is 0 Å². The van der Waals surface area contributed by atoms with Gasteiger partial charge in [-0.3, -0.25) is 4.98 Å². The Bertz CT molecular complexity index is 1330. The molecule has 0 fully saturated rings.